The van der Waals surface area contributed by atoms with Gasteiger partial charge in [-0.05, 0) is 30.5 Å². The molecule has 0 saturated heterocycles. The summed E-state index contributed by atoms with van der Waals surface area (Å²) in [6.07, 6.45) is 0. The van der Waals surface area contributed by atoms with Gasteiger partial charge in [0.05, 0.1) is 11.7 Å². The highest BCUT2D eigenvalue weighted by atomic mass is 35.5. The van der Waals surface area contributed by atoms with Gasteiger partial charge in [0, 0.05) is 11.9 Å². The van der Waals surface area contributed by atoms with Crippen LogP contribution in [0, 0.1) is 0 Å². The van der Waals surface area contributed by atoms with Gasteiger partial charge in [-0.25, -0.2) is 4.98 Å². The van der Waals surface area contributed by atoms with Gasteiger partial charge in [0.2, 0.25) is 0 Å². The van der Waals surface area contributed by atoms with Crippen LogP contribution in [0.3, 0.4) is 0 Å². The van der Waals surface area contributed by atoms with Gasteiger partial charge in [-0.3, -0.25) is 0 Å². The van der Waals surface area contributed by atoms with Crippen molar-refractivity contribution >= 4 is 34.4 Å². The van der Waals surface area contributed by atoms with Crippen molar-refractivity contribution in [1.82, 2.24) is 4.98 Å². The van der Waals surface area contributed by atoms with E-state index in [-0.39, 0.29) is 6.04 Å². The Kier molecular flexibility index (Phi) is 3.54. The molecule has 0 bridgehead atoms. The van der Waals surface area contributed by atoms with Crippen molar-refractivity contribution in [2.45, 2.75) is 13.0 Å². The average Bonchev–Trinajstić information content (AvgIpc) is 2.84. The summed E-state index contributed by atoms with van der Waals surface area (Å²) in [7, 11) is 1.97. The fourth-order valence-corrected chi connectivity index (χ4v) is 2.59. The molecule has 0 aliphatic rings. The van der Waals surface area contributed by atoms with Crippen molar-refractivity contribution in [3.05, 3.63) is 39.7 Å². The minimum Gasteiger partial charge on any atom is -0.396 e. The second kappa shape index (κ2) is 4.94. The van der Waals surface area contributed by atoms with Gasteiger partial charge in [0.25, 0.3) is 0 Å². The summed E-state index contributed by atoms with van der Waals surface area (Å²) in [4.78, 5) is 7.58. The van der Waals surface area contributed by atoms with Crippen LogP contribution in [-0.4, -0.2) is 12.0 Å². The molecule has 0 aromatic carbocycles. The molecule has 5 heteroatoms. The molecule has 0 aliphatic carbocycles. The SMILES string of the molecule is CC(c1cccs1)N(C)c1nc(Cl)ccc1N. The Morgan fingerprint density at radius 3 is 2.82 bits per heavy atom. The molecule has 2 N–H and O–H groups in total. The van der Waals surface area contributed by atoms with E-state index in [9.17, 15) is 0 Å². The minimum absolute atomic E-state index is 0.225. The van der Waals surface area contributed by atoms with Gasteiger partial charge in [0.15, 0.2) is 5.82 Å². The molecule has 3 nitrogen and oxygen atoms in total. The first-order valence-electron chi connectivity index (χ1n) is 5.28. The number of thiophene rings is 1. The lowest BCUT2D eigenvalue weighted by Crippen LogP contribution is -2.23. The lowest BCUT2D eigenvalue weighted by atomic mass is 10.2. The molecule has 17 heavy (non-hydrogen) atoms. The van der Waals surface area contributed by atoms with Gasteiger partial charge in [0.1, 0.15) is 5.15 Å². The van der Waals surface area contributed by atoms with Gasteiger partial charge in [-0.15, -0.1) is 11.3 Å². The van der Waals surface area contributed by atoms with E-state index in [1.54, 1.807) is 23.5 Å². The molecule has 0 amide bonds. The van der Waals surface area contributed by atoms with Crippen LogP contribution in [0.25, 0.3) is 0 Å². The standard InChI is InChI=1S/C12H14ClN3S/c1-8(10-4-3-7-17-10)16(2)12-9(14)5-6-11(13)15-12/h3-8H,14H2,1-2H3. The zero-order valence-corrected chi connectivity index (χ0v) is 11.3. The molecule has 0 spiro atoms. The Labute approximate surface area is 110 Å². The monoisotopic (exact) mass is 267 g/mol. The number of halogens is 1. The zero-order valence-electron chi connectivity index (χ0n) is 9.72. The summed E-state index contributed by atoms with van der Waals surface area (Å²) < 4.78 is 0. The van der Waals surface area contributed by atoms with Gasteiger partial charge in [-0.2, -0.15) is 0 Å². The van der Waals surface area contributed by atoms with E-state index in [4.69, 9.17) is 17.3 Å². The normalized spacial score (nSPS) is 12.4. The minimum atomic E-state index is 0.225. The Bertz CT molecular complexity index is 498. The van der Waals surface area contributed by atoms with E-state index in [1.807, 2.05) is 18.0 Å². The third-order valence-electron chi connectivity index (χ3n) is 2.74. The zero-order chi connectivity index (χ0) is 12.4. The first-order chi connectivity index (χ1) is 8.09. The van der Waals surface area contributed by atoms with Crippen LogP contribution in [-0.2, 0) is 0 Å². The molecule has 90 valence electrons. The second-order valence-electron chi connectivity index (χ2n) is 3.85. The van der Waals surface area contributed by atoms with Gasteiger partial charge < -0.3 is 10.6 Å². The average molecular weight is 268 g/mol. The summed E-state index contributed by atoms with van der Waals surface area (Å²) in [5, 5.41) is 2.52. The first kappa shape index (κ1) is 12.2. The van der Waals surface area contributed by atoms with Crippen LogP contribution in [0.2, 0.25) is 5.15 Å². The van der Waals surface area contributed by atoms with Crippen LogP contribution in [0.1, 0.15) is 17.8 Å². The van der Waals surface area contributed by atoms with Crippen LogP contribution in [0.5, 0.6) is 0 Å². The number of aromatic nitrogens is 1. The van der Waals surface area contributed by atoms with Gasteiger partial charge >= 0.3 is 0 Å². The van der Waals surface area contributed by atoms with Crippen LogP contribution >= 0.6 is 22.9 Å². The molecule has 0 radical (unpaired) electrons. The molecular weight excluding hydrogens is 254 g/mol. The maximum Gasteiger partial charge on any atom is 0.153 e. The summed E-state index contributed by atoms with van der Waals surface area (Å²) in [5.74, 6) is 0.721. The first-order valence-corrected chi connectivity index (χ1v) is 6.53. The maximum absolute atomic E-state index is 5.92. The van der Waals surface area contributed by atoms with E-state index >= 15 is 0 Å². The van der Waals surface area contributed by atoms with Crippen LogP contribution in [0.4, 0.5) is 11.5 Å². The number of nitrogen functional groups attached to an aromatic ring is 1. The summed E-state index contributed by atoms with van der Waals surface area (Å²) >= 11 is 7.62. The smallest absolute Gasteiger partial charge is 0.153 e. The molecule has 2 heterocycles. The number of nitrogens with zero attached hydrogens (tertiary/aromatic N) is 2. The fourth-order valence-electron chi connectivity index (χ4n) is 1.62. The molecule has 0 saturated carbocycles. The van der Waals surface area contributed by atoms with Gasteiger partial charge in [-0.1, -0.05) is 17.7 Å². The number of pyridine rings is 1. The van der Waals surface area contributed by atoms with E-state index in [0.29, 0.717) is 10.8 Å². The molecule has 2 aromatic rings. The summed E-state index contributed by atoms with van der Waals surface area (Å²) in [6.45, 7) is 2.12. The molecule has 0 aliphatic heterocycles. The lowest BCUT2D eigenvalue weighted by molar-refractivity contribution is 0.743. The van der Waals surface area contributed by atoms with Crippen molar-refractivity contribution in [1.29, 1.82) is 0 Å². The van der Waals surface area contributed by atoms with Crippen molar-refractivity contribution in [2.24, 2.45) is 0 Å². The number of hydrogen-bond acceptors (Lipinski definition) is 4. The van der Waals surface area contributed by atoms with Crippen molar-refractivity contribution < 1.29 is 0 Å². The second-order valence-corrected chi connectivity index (χ2v) is 5.22. The van der Waals surface area contributed by atoms with Crippen molar-refractivity contribution in [3.63, 3.8) is 0 Å². The third-order valence-corrected chi connectivity index (χ3v) is 3.99. The quantitative estimate of drug-likeness (QED) is 0.865. The highest BCUT2D eigenvalue weighted by molar-refractivity contribution is 7.10. The largest absolute Gasteiger partial charge is 0.396 e. The van der Waals surface area contributed by atoms with Crippen LogP contribution in [0.15, 0.2) is 29.6 Å². The Hall–Kier alpha value is -1.26. The Morgan fingerprint density at radius 2 is 2.18 bits per heavy atom. The van der Waals surface area contributed by atoms with Crippen molar-refractivity contribution in [3.8, 4) is 0 Å². The highest BCUT2D eigenvalue weighted by Crippen LogP contribution is 2.30. The topological polar surface area (TPSA) is 42.2 Å². The van der Waals surface area contributed by atoms with Crippen LogP contribution < -0.4 is 10.6 Å². The highest BCUT2D eigenvalue weighted by Gasteiger charge is 2.16. The molecule has 1 unspecified atom stereocenters. The number of nitrogens with two attached hydrogens (primary N) is 1. The third kappa shape index (κ3) is 2.53. The van der Waals surface area contributed by atoms with E-state index in [1.165, 1.54) is 4.88 Å². The van der Waals surface area contributed by atoms with Crippen molar-refractivity contribution in [2.75, 3.05) is 17.7 Å². The molecule has 2 aromatic heterocycles. The number of hydrogen-bond donors (Lipinski definition) is 1. The molecule has 0 fully saturated rings. The Morgan fingerprint density at radius 1 is 1.41 bits per heavy atom. The van der Waals surface area contributed by atoms with E-state index in [0.717, 1.165) is 5.82 Å². The Balaban J connectivity index is 2.30. The van der Waals surface area contributed by atoms with E-state index < -0.39 is 0 Å². The fraction of sp³-hybridized carbons (Fsp3) is 0.250. The summed E-state index contributed by atoms with van der Waals surface area (Å²) in [5.41, 5.74) is 6.56. The predicted octanol–water partition coefficient (Wildman–Crippen LogP) is 3.58. The molecular formula is C12H14ClN3S. The number of rotatable bonds is 3. The van der Waals surface area contributed by atoms with E-state index in [2.05, 4.69) is 23.4 Å². The number of anilines is 2. The lowest BCUT2D eigenvalue weighted by Gasteiger charge is -2.26. The maximum atomic E-state index is 5.92. The summed E-state index contributed by atoms with van der Waals surface area (Å²) in [6, 6.07) is 7.85. The predicted molar refractivity (Wildman–Crippen MR) is 74.8 cm³/mol. The molecule has 2 rings (SSSR count). The molecule has 1 atom stereocenters.